The van der Waals surface area contributed by atoms with Crippen molar-refractivity contribution in [2.24, 2.45) is 5.92 Å². The van der Waals surface area contributed by atoms with E-state index in [4.69, 9.17) is 4.74 Å². The maximum atomic E-state index is 12.5. The first-order valence-electron chi connectivity index (χ1n) is 7.91. The number of hydrogen-bond acceptors (Lipinski definition) is 3. The van der Waals surface area contributed by atoms with Gasteiger partial charge in [0.2, 0.25) is 5.91 Å². The first-order chi connectivity index (χ1) is 10.3. The molecule has 1 rings (SSSR count). The molecule has 1 aromatic rings. The summed E-state index contributed by atoms with van der Waals surface area (Å²) in [6.45, 7) is 9.97. The van der Waals surface area contributed by atoms with Crippen LogP contribution in [-0.4, -0.2) is 35.1 Å². The molecule has 0 unspecified atom stereocenters. The maximum absolute atomic E-state index is 12.5. The summed E-state index contributed by atoms with van der Waals surface area (Å²) < 4.78 is 5.12. The lowest BCUT2D eigenvalue weighted by Crippen LogP contribution is -2.42. The Labute approximate surface area is 134 Å². The fourth-order valence-electron chi connectivity index (χ4n) is 2.79. The van der Waals surface area contributed by atoms with Crippen LogP contribution >= 0.6 is 0 Å². The van der Waals surface area contributed by atoms with Gasteiger partial charge in [-0.05, 0) is 51.3 Å². The number of aliphatic hydroxyl groups is 1. The molecule has 0 saturated carbocycles. The average Bonchev–Trinajstić information content (AvgIpc) is 2.45. The first-order valence-corrected chi connectivity index (χ1v) is 7.91. The number of carbonyl (C=O) groups is 1. The fourth-order valence-corrected chi connectivity index (χ4v) is 2.79. The number of rotatable bonds is 7. The van der Waals surface area contributed by atoms with Crippen molar-refractivity contribution in [2.45, 2.75) is 59.2 Å². The topological polar surface area (TPSA) is 49.8 Å². The minimum absolute atomic E-state index is 0.0880. The molecule has 0 spiro atoms. The van der Waals surface area contributed by atoms with Gasteiger partial charge in [0, 0.05) is 18.5 Å². The van der Waals surface area contributed by atoms with Crippen molar-refractivity contribution in [3.63, 3.8) is 0 Å². The molecule has 0 bridgehead atoms. The van der Waals surface area contributed by atoms with Crippen LogP contribution in [0.15, 0.2) is 24.3 Å². The van der Waals surface area contributed by atoms with Gasteiger partial charge < -0.3 is 14.7 Å². The lowest BCUT2D eigenvalue weighted by Gasteiger charge is -2.32. The molecule has 0 aliphatic heterocycles. The van der Waals surface area contributed by atoms with E-state index in [0.29, 0.717) is 6.42 Å². The Bertz CT molecular complexity index is 460. The second-order valence-corrected chi connectivity index (χ2v) is 6.39. The largest absolute Gasteiger partial charge is 0.497 e. The summed E-state index contributed by atoms with van der Waals surface area (Å²) in [4.78, 5) is 14.3. The standard InChI is InChI=1S/C18H29NO3/c1-12(2)19(13(3)4)17(20)11-14(5)18(21)15-7-9-16(22-6)10-8-15/h7-10,12-14,18,21H,11H2,1-6H3/t14-,18+/m0/s1. The SMILES string of the molecule is COc1ccc([C@H](O)[C@@H](C)CC(=O)N(C(C)C)C(C)C)cc1. The van der Waals surface area contributed by atoms with Gasteiger partial charge in [-0.3, -0.25) is 4.79 Å². The monoisotopic (exact) mass is 307 g/mol. The van der Waals surface area contributed by atoms with Gasteiger partial charge in [0.1, 0.15) is 5.75 Å². The fraction of sp³-hybridized carbons (Fsp3) is 0.611. The van der Waals surface area contributed by atoms with Gasteiger partial charge in [-0.25, -0.2) is 0 Å². The van der Waals surface area contributed by atoms with E-state index in [-0.39, 0.29) is 23.9 Å². The van der Waals surface area contributed by atoms with Crippen molar-refractivity contribution in [1.29, 1.82) is 0 Å². The molecule has 0 radical (unpaired) electrons. The van der Waals surface area contributed by atoms with E-state index in [1.165, 1.54) is 0 Å². The van der Waals surface area contributed by atoms with Crippen LogP contribution in [0.2, 0.25) is 0 Å². The highest BCUT2D eigenvalue weighted by Crippen LogP contribution is 2.27. The summed E-state index contributed by atoms with van der Waals surface area (Å²) in [5, 5.41) is 10.4. The zero-order chi connectivity index (χ0) is 16.9. The normalized spacial score (nSPS) is 14.0. The molecule has 1 amide bonds. The highest BCUT2D eigenvalue weighted by molar-refractivity contribution is 5.77. The second-order valence-electron chi connectivity index (χ2n) is 6.39. The molecule has 2 atom stereocenters. The Morgan fingerprint density at radius 2 is 1.59 bits per heavy atom. The average molecular weight is 307 g/mol. The zero-order valence-corrected chi connectivity index (χ0v) is 14.5. The maximum Gasteiger partial charge on any atom is 0.223 e. The molecule has 0 fully saturated rings. The molecule has 1 aromatic carbocycles. The minimum atomic E-state index is -0.656. The van der Waals surface area contributed by atoms with Crippen LogP contribution in [0.5, 0.6) is 5.75 Å². The number of ether oxygens (including phenoxy) is 1. The summed E-state index contributed by atoms with van der Waals surface area (Å²) in [5.41, 5.74) is 0.807. The van der Waals surface area contributed by atoms with Crippen LogP contribution < -0.4 is 4.74 Å². The third-order valence-electron chi connectivity index (χ3n) is 3.89. The molecule has 4 nitrogen and oxygen atoms in total. The Morgan fingerprint density at radius 3 is 2.00 bits per heavy atom. The number of carbonyl (C=O) groups excluding carboxylic acids is 1. The van der Waals surface area contributed by atoms with Crippen LogP contribution in [0.3, 0.4) is 0 Å². The Hall–Kier alpha value is -1.55. The predicted molar refractivity (Wildman–Crippen MR) is 88.9 cm³/mol. The van der Waals surface area contributed by atoms with Gasteiger partial charge in [0.15, 0.2) is 0 Å². The molecular weight excluding hydrogens is 278 g/mol. The Morgan fingerprint density at radius 1 is 1.09 bits per heavy atom. The van der Waals surface area contributed by atoms with E-state index in [1.807, 2.05) is 63.8 Å². The molecule has 22 heavy (non-hydrogen) atoms. The van der Waals surface area contributed by atoms with Gasteiger partial charge in [-0.15, -0.1) is 0 Å². The van der Waals surface area contributed by atoms with Gasteiger partial charge in [-0.1, -0.05) is 19.1 Å². The number of amides is 1. The molecular formula is C18H29NO3. The molecule has 0 aliphatic carbocycles. The van der Waals surface area contributed by atoms with E-state index >= 15 is 0 Å². The van der Waals surface area contributed by atoms with E-state index < -0.39 is 6.10 Å². The molecule has 0 saturated heterocycles. The summed E-state index contributed by atoms with van der Waals surface area (Å²) in [5.74, 6) is 0.705. The lowest BCUT2D eigenvalue weighted by atomic mass is 9.93. The van der Waals surface area contributed by atoms with Crippen molar-refractivity contribution in [3.05, 3.63) is 29.8 Å². The number of nitrogens with zero attached hydrogens (tertiary/aromatic N) is 1. The molecule has 0 aromatic heterocycles. The number of aliphatic hydroxyl groups excluding tert-OH is 1. The highest BCUT2D eigenvalue weighted by atomic mass is 16.5. The lowest BCUT2D eigenvalue weighted by molar-refractivity contribution is -0.136. The predicted octanol–water partition coefficient (Wildman–Crippen LogP) is 3.40. The Kier molecular flexibility index (Phi) is 6.88. The van der Waals surface area contributed by atoms with Crippen molar-refractivity contribution in [3.8, 4) is 5.75 Å². The number of methoxy groups -OCH3 is 1. The van der Waals surface area contributed by atoms with Crippen LogP contribution in [-0.2, 0) is 4.79 Å². The van der Waals surface area contributed by atoms with Gasteiger partial charge in [0.25, 0.3) is 0 Å². The first kappa shape index (κ1) is 18.5. The van der Waals surface area contributed by atoms with Crippen molar-refractivity contribution in [2.75, 3.05) is 7.11 Å². The third-order valence-corrected chi connectivity index (χ3v) is 3.89. The van der Waals surface area contributed by atoms with Crippen molar-refractivity contribution >= 4 is 5.91 Å². The summed E-state index contributed by atoms with van der Waals surface area (Å²) in [6.07, 6.45) is -0.320. The number of hydrogen-bond donors (Lipinski definition) is 1. The van der Waals surface area contributed by atoms with Crippen LogP contribution in [0.25, 0.3) is 0 Å². The van der Waals surface area contributed by atoms with Gasteiger partial charge in [-0.2, -0.15) is 0 Å². The van der Waals surface area contributed by atoms with Gasteiger partial charge in [0.05, 0.1) is 13.2 Å². The van der Waals surface area contributed by atoms with E-state index in [0.717, 1.165) is 11.3 Å². The number of benzene rings is 1. The van der Waals surface area contributed by atoms with Gasteiger partial charge >= 0.3 is 0 Å². The molecule has 0 aliphatic rings. The van der Waals surface area contributed by atoms with E-state index in [2.05, 4.69) is 0 Å². The van der Waals surface area contributed by atoms with Crippen molar-refractivity contribution < 1.29 is 14.6 Å². The van der Waals surface area contributed by atoms with Crippen LogP contribution in [0.4, 0.5) is 0 Å². The summed E-state index contributed by atoms with van der Waals surface area (Å²) in [7, 11) is 1.61. The zero-order valence-electron chi connectivity index (χ0n) is 14.5. The van der Waals surface area contributed by atoms with E-state index in [1.54, 1.807) is 7.11 Å². The summed E-state index contributed by atoms with van der Waals surface area (Å²) >= 11 is 0. The minimum Gasteiger partial charge on any atom is -0.497 e. The highest BCUT2D eigenvalue weighted by Gasteiger charge is 2.25. The molecule has 124 valence electrons. The second kappa shape index (κ2) is 8.18. The third kappa shape index (κ3) is 4.73. The molecule has 0 heterocycles. The quantitative estimate of drug-likeness (QED) is 0.840. The smallest absolute Gasteiger partial charge is 0.223 e. The van der Waals surface area contributed by atoms with Crippen molar-refractivity contribution in [1.82, 2.24) is 4.90 Å². The molecule has 4 heteroatoms. The van der Waals surface area contributed by atoms with Crippen LogP contribution in [0, 0.1) is 5.92 Å². The van der Waals surface area contributed by atoms with Crippen LogP contribution in [0.1, 0.15) is 52.7 Å². The summed E-state index contributed by atoms with van der Waals surface area (Å²) in [6, 6.07) is 7.65. The molecule has 1 N–H and O–H groups in total. The van der Waals surface area contributed by atoms with E-state index in [9.17, 15) is 9.90 Å². The Balaban J connectivity index is 2.73.